The van der Waals surface area contributed by atoms with E-state index in [1.54, 1.807) is 10.3 Å². The molecule has 3 heterocycles. The van der Waals surface area contributed by atoms with Crippen molar-refractivity contribution < 1.29 is 23.0 Å². The molecule has 0 bridgehead atoms. The smallest absolute Gasteiger partial charge is 0.416 e. The molecule has 0 aliphatic carbocycles. The number of aliphatic hydroxyl groups excluding tert-OH is 1. The van der Waals surface area contributed by atoms with Crippen LogP contribution in [0.5, 0.6) is 0 Å². The fourth-order valence-corrected chi connectivity index (χ4v) is 4.38. The third-order valence-corrected chi connectivity index (χ3v) is 6.06. The van der Waals surface area contributed by atoms with Crippen LogP contribution in [0, 0.1) is 5.41 Å². The van der Waals surface area contributed by atoms with Gasteiger partial charge in [-0.25, -0.2) is 4.98 Å². The van der Waals surface area contributed by atoms with Gasteiger partial charge in [0.15, 0.2) is 0 Å². The van der Waals surface area contributed by atoms with E-state index in [4.69, 9.17) is 10.1 Å². The van der Waals surface area contributed by atoms with Crippen molar-refractivity contribution in [2.45, 2.75) is 6.18 Å². The van der Waals surface area contributed by atoms with Crippen LogP contribution in [-0.2, 0) is 10.9 Å². The van der Waals surface area contributed by atoms with Gasteiger partial charge in [-0.05, 0) is 12.1 Å². The zero-order valence-corrected chi connectivity index (χ0v) is 16.9. The highest BCUT2D eigenvalue weighted by atomic mass is 32.1. The Kier molecular flexibility index (Phi) is 5.81. The number of hydrogen-bond acceptors (Lipinski definition) is 6. The number of alkyl halides is 3. The van der Waals surface area contributed by atoms with Gasteiger partial charge in [0, 0.05) is 37.1 Å². The van der Waals surface area contributed by atoms with Crippen molar-refractivity contribution in [1.29, 1.82) is 5.41 Å². The number of rotatable bonds is 5. The Morgan fingerprint density at radius 2 is 1.83 bits per heavy atom. The second kappa shape index (κ2) is 8.37. The number of thiazole rings is 1. The number of benzene rings is 1. The standard InChI is InChI=1S/C20H21F3N4O2S/c21-20(22,23)14-3-1-13(2-4-14)15-12-30-19(25-15)17-16(28)11-27(18(17)24)6-5-26-7-9-29-10-8-26/h1-4,12,24,28H,5-11H2. The molecule has 1 fully saturated rings. The van der Waals surface area contributed by atoms with Crippen molar-refractivity contribution in [2.75, 3.05) is 45.9 Å². The molecule has 160 valence electrons. The number of halogens is 3. The first-order valence-electron chi connectivity index (χ1n) is 9.52. The van der Waals surface area contributed by atoms with Crippen molar-refractivity contribution in [2.24, 2.45) is 0 Å². The quantitative estimate of drug-likeness (QED) is 0.745. The van der Waals surface area contributed by atoms with Gasteiger partial charge < -0.3 is 14.7 Å². The minimum Gasteiger partial charge on any atom is -0.510 e. The van der Waals surface area contributed by atoms with Crippen LogP contribution in [0.3, 0.4) is 0 Å². The zero-order chi connectivity index (χ0) is 21.3. The Labute approximate surface area is 175 Å². The van der Waals surface area contributed by atoms with Gasteiger partial charge in [-0.1, -0.05) is 12.1 Å². The van der Waals surface area contributed by atoms with E-state index in [-0.39, 0.29) is 18.1 Å². The third-order valence-electron chi connectivity index (χ3n) is 5.20. The molecule has 0 atom stereocenters. The van der Waals surface area contributed by atoms with E-state index in [0.717, 1.165) is 31.8 Å². The average molecular weight is 438 g/mol. The van der Waals surface area contributed by atoms with Gasteiger partial charge in [-0.3, -0.25) is 10.3 Å². The molecule has 0 saturated carbocycles. The fourth-order valence-electron chi connectivity index (χ4n) is 3.49. The lowest BCUT2D eigenvalue weighted by atomic mass is 10.1. The summed E-state index contributed by atoms with van der Waals surface area (Å²) in [6, 6.07) is 4.81. The highest BCUT2D eigenvalue weighted by molar-refractivity contribution is 7.11. The summed E-state index contributed by atoms with van der Waals surface area (Å²) in [5.74, 6) is 0.310. The van der Waals surface area contributed by atoms with E-state index in [2.05, 4.69) is 9.88 Å². The lowest BCUT2D eigenvalue weighted by Crippen LogP contribution is -2.42. The SMILES string of the molecule is N=C1C(c2nc(-c3ccc(C(F)(F)F)cc3)cs2)=C(O)CN1CCN1CCOCC1. The molecule has 2 N–H and O–H groups in total. The van der Waals surface area contributed by atoms with E-state index < -0.39 is 11.7 Å². The Balaban J connectivity index is 1.44. The van der Waals surface area contributed by atoms with E-state index in [1.165, 1.54) is 23.5 Å². The summed E-state index contributed by atoms with van der Waals surface area (Å²) >= 11 is 1.26. The molecule has 30 heavy (non-hydrogen) atoms. The van der Waals surface area contributed by atoms with Crippen LogP contribution in [0.25, 0.3) is 16.8 Å². The third kappa shape index (κ3) is 4.35. The molecule has 1 aromatic heterocycles. The molecule has 0 spiro atoms. The van der Waals surface area contributed by atoms with Crippen LogP contribution in [0.1, 0.15) is 10.6 Å². The minimum atomic E-state index is -4.38. The Morgan fingerprint density at radius 3 is 2.50 bits per heavy atom. The first-order valence-corrected chi connectivity index (χ1v) is 10.4. The summed E-state index contributed by atoms with van der Waals surface area (Å²) in [6.07, 6.45) is -4.38. The second-order valence-electron chi connectivity index (χ2n) is 7.16. The summed E-state index contributed by atoms with van der Waals surface area (Å²) in [7, 11) is 0. The van der Waals surface area contributed by atoms with Crippen molar-refractivity contribution in [1.82, 2.24) is 14.8 Å². The number of aromatic nitrogens is 1. The number of ether oxygens (including phenoxy) is 1. The predicted octanol–water partition coefficient (Wildman–Crippen LogP) is 3.72. The summed E-state index contributed by atoms with van der Waals surface area (Å²) in [5, 5.41) is 21.1. The maximum atomic E-state index is 12.8. The molecule has 10 heteroatoms. The Morgan fingerprint density at radius 1 is 1.13 bits per heavy atom. The van der Waals surface area contributed by atoms with Crippen LogP contribution in [0.4, 0.5) is 13.2 Å². The lowest BCUT2D eigenvalue weighted by Gasteiger charge is -2.29. The molecule has 1 saturated heterocycles. The van der Waals surface area contributed by atoms with Gasteiger partial charge in [-0.15, -0.1) is 11.3 Å². The Hall–Kier alpha value is -2.43. The van der Waals surface area contributed by atoms with Gasteiger partial charge in [0.25, 0.3) is 0 Å². The van der Waals surface area contributed by atoms with Gasteiger partial charge in [0.2, 0.25) is 0 Å². The van der Waals surface area contributed by atoms with Gasteiger partial charge in [0.05, 0.1) is 36.6 Å². The molecule has 2 aliphatic rings. The summed E-state index contributed by atoms with van der Waals surface area (Å²) in [4.78, 5) is 8.53. The van der Waals surface area contributed by atoms with Crippen molar-refractivity contribution in [3.8, 4) is 11.3 Å². The van der Waals surface area contributed by atoms with E-state index >= 15 is 0 Å². The Bertz CT molecular complexity index is 950. The maximum absolute atomic E-state index is 12.8. The van der Waals surface area contributed by atoms with Gasteiger partial charge >= 0.3 is 6.18 Å². The monoisotopic (exact) mass is 438 g/mol. The normalized spacial score (nSPS) is 18.5. The largest absolute Gasteiger partial charge is 0.510 e. The number of morpholine rings is 1. The van der Waals surface area contributed by atoms with Crippen molar-refractivity contribution >= 4 is 22.7 Å². The molecule has 0 amide bonds. The highest BCUT2D eigenvalue weighted by Crippen LogP contribution is 2.34. The van der Waals surface area contributed by atoms with E-state index in [0.29, 0.717) is 41.6 Å². The number of hydrogen-bond donors (Lipinski definition) is 2. The highest BCUT2D eigenvalue weighted by Gasteiger charge is 2.31. The fraction of sp³-hybridized carbons (Fsp3) is 0.400. The predicted molar refractivity (Wildman–Crippen MR) is 109 cm³/mol. The van der Waals surface area contributed by atoms with E-state index in [1.807, 2.05) is 0 Å². The number of nitrogens with zero attached hydrogens (tertiary/aromatic N) is 3. The zero-order valence-electron chi connectivity index (χ0n) is 16.1. The number of aliphatic hydroxyl groups is 1. The molecule has 6 nitrogen and oxygen atoms in total. The molecule has 2 aliphatic heterocycles. The molecule has 0 unspecified atom stereocenters. The van der Waals surface area contributed by atoms with Crippen LogP contribution in [-0.4, -0.2) is 71.7 Å². The van der Waals surface area contributed by atoms with Crippen LogP contribution in [0.2, 0.25) is 0 Å². The van der Waals surface area contributed by atoms with Crippen LogP contribution < -0.4 is 0 Å². The van der Waals surface area contributed by atoms with Gasteiger partial charge in [-0.2, -0.15) is 13.2 Å². The molecule has 2 aromatic rings. The summed E-state index contributed by atoms with van der Waals surface area (Å²) < 4.78 is 43.6. The van der Waals surface area contributed by atoms with Crippen molar-refractivity contribution in [3.05, 3.63) is 46.0 Å². The van der Waals surface area contributed by atoms with E-state index in [9.17, 15) is 18.3 Å². The van der Waals surface area contributed by atoms with Crippen molar-refractivity contribution in [3.63, 3.8) is 0 Å². The van der Waals surface area contributed by atoms with Gasteiger partial charge in [0.1, 0.15) is 16.6 Å². The second-order valence-corrected chi connectivity index (χ2v) is 8.02. The van der Waals surface area contributed by atoms with Crippen LogP contribution in [0.15, 0.2) is 35.4 Å². The first-order chi connectivity index (χ1) is 14.3. The number of amidine groups is 1. The topological polar surface area (TPSA) is 72.7 Å². The molecular weight excluding hydrogens is 417 g/mol. The lowest BCUT2D eigenvalue weighted by molar-refractivity contribution is -0.137. The molecule has 4 rings (SSSR count). The average Bonchev–Trinajstić information content (AvgIpc) is 3.31. The minimum absolute atomic E-state index is 0.0929. The molecular formula is C20H21F3N4O2S. The summed E-state index contributed by atoms with van der Waals surface area (Å²) in [5.41, 5.74) is 0.749. The molecule has 0 radical (unpaired) electrons. The summed E-state index contributed by atoms with van der Waals surface area (Å²) in [6.45, 7) is 4.78. The van der Waals surface area contributed by atoms with Crippen LogP contribution >= 0.6 is 11.3 Å². The first kappa shape index (κ1) is 20.8. The maximum Gasteiger partial charge on any atom is 0.416 e. The number of nitrogens with one attached hydrogen (secondary N) is 1. The molecule has 1 aromatic carbocycles.